The molecule has 4 heterocycles. The summed E-state index contributed by atoms with van der Waals surface area (Å²) in [4.78, 5) is 44.1. The van der Waals surface area contributed by atoms with Gasteiger partial charge in [-0.3, -0.25) is 10.1 Å². The lowest BCUT2D eigenvalue weighted by Crippen LogP contribution is -2.27. The number of benzene rings is 4. The number of nitrogens with two attached hydrogens (primary N) is 1. The van der Waals surface area contributed by atoms with Crippen LogP contribution in [0.15, 0.2) is 97.3 Å². The number of nitrogens with one attached hydrogen (secondary N) is 2. The summed E-state index contributed by atoms with van der Waals surface area (Å²) in [6.07, 6.45) is 2.15. The monoisotopic (exact) mass is 878 g/mol. The van der Waals surface area contributed by atoms with Crippen molar-refractivity contribution in [2.24, 2.45) is 0 Å². The van der Waals surface area contributed by atoms with Crippen LogP contribution in [0.3, 0.4) is 0 Å². The lowest BCUT2D eigenvalue weighted by molar-refractivity contribution is -0.384. The van der Waals surface area contributed by atoms with E-state index in [0.717, 1.165) is 46.4 Å². The zero-order valence-corrected chi connectivity index (χ0v) is 36.2. The van der Waals surface area contributed by atoms with Crippen LogP contribution in [-0.2, 0) is 9.47 Å². The third-order valence-corrected chi connectivity index (χ3v) is 9.34. The van der Waals surface area contributed by atoms with Crippen LogP contribution in [-0.4, -0.2) is 78.8 Å². The number of nitro groups is 1. The third kappa shape index (κ3) is 11.1. The first-order chi connectivity index (χ1) is 29.5. The Morgan fingerprint density at radius 2 is 1.15 bits per heavy atom. The number of aliphatic hydroxyl groups excluding tert-OH is 1. The maximum Gasteiger partial charge on any atom is 0.435 e. The van der Waals surface area contributed by atoms with Gasteiger partial charge in [-0.25, -0.2) is 9.59 Å². The molecule has 0 bridgehead atoms. The van der Waals surface area contributed by atoms with Gasteiger partial charge in [-0.05, 0) is 90.1 Å². The molecule has 21 heteroatoms. The molecule has 320 valence electrons. The van der Waals surface area contributed by atoms with Gasteiger partial charge in [-0.2, -0.15) is 38.3 Å². The fraction of sp³-hybridized carbons (Fsp3) is 0.220. The highest BCUT2D eigenvalue weighted by molar-refractivity contribution is 7.10. The van der Waals surface area contributed by atoms with Gasteiger partial charge in [0.15, 0.2) is 11.6 Å². The fourth-order valence-electron chi connectivity index (χ4n) is 5.59. The lowest BCUT2D eigenvalue weighted by atomic mass is 10.2. The van der Waals surface area contributed by atoms with Crippen LogP contribution in [0.2, 0.25) is 0 Å². The summed E-state index contributed by atoms with van der Waals surface area (Å²) in [7, 11) is 1.00. The molecular weight excluding hydrogens is 837 g/mol. The zero-order chi connectivity index (χ0) is 44.8. The van der Waals surface area contributed by atoms with E-state index in [1.165, 1.54) is 33.0 Å². The van der Waals surface area contributed by atoms with E-state index in [1.54, 1.807) is 57.4 Å². The van der Waals surface area contributed by atoms with E-state index in [1.807, 2.05) is 69.3 Å². The van der Waals surface area contributed by atoms with Crippen LogP contribution in [0, 0.1) is 10.1 Å². The number of ether oxygens (including phenoxy) is 2. The highest BCUT2D eigenvalue weighted by atomic mass is 32.1. The molecule has 62 heavy (non-hydrogen) atoms. The predicted octanol–water partition coefficient (Wildman–Crippen LogP) is 9.26. The maximum absolute atomic E-state index is 12.3. The van der Waals surface area contributed by atoms with Crippen LogP contribution in [0.25, 0.3) is 44.6 Å². The van der Waals surface area contributed by atoms with E-state index in [0.29, 0.717) is 44.2 Å². The van der Waals surface area contributed by atoms with Gasteiger partial charge < -0.3 is 30.9 Å². The molecule has 19 nitrogen and oxygen atoms in total. The molecule has 0 fully saturated rings. The lowest BCUT2D eigenvalue weighted by Gasteiger charge is -2.19. The zero-order valence-electron chi connectivity index (χ0n) is 34.6. The molecule has 0 atom stereocenters. The maximum atomic E-state index is 12.3. The number of aromatic nitrogens is 8. The Hall–Kier alpha value is -7.36. The number of rotatable bonds is 7. The highest BCUT2D eigenvalue weighted by Crippen LogP contribution is 2.30. The van der Waals surface area contributed by atoms with Crippen LogP contribution in [0.5, 0.6) is 0 Å². The molecule has 0 spiro atoms. The van der Waals surface area contributed by atoms with Crippen molar-refractivity contribution in [3.8, 4) is 22.8 Å². The van der Waals surface area contributed by atoms with E-state index in [-0.39, 0.29) is 5.69 Å². The number of aliphatic hydroxyl groups is 1. The Bertz CT molecular complexity index is 2870. The van der Waals surface area contributed by atoms with Gasteiger partial charge in [0.05, 0.1) is 28.4 Å². The SMILES string of the molecule is CC(C)(C)OC(=O)n1ncc2cc(Nc3nc(-c4cccc(N)c4)ns3)ccc21.CC(C)(C)OC(=O)n1ncc2cc(Nc3nc(-c4cccc([N+](=O)[O-])c4)ns3)ccc21.CO. The second kappa shape index (κ2) is 18.5. The molecule has 8 rings (SSSR count). The number of carbonyl (C=O) groups excluding carboxylic acids is 2. The van der Waals surface area contributed by atoms with Gasteiger partial charge in [0.25, 0.3) is 5.69 Å². The average Bonchev–Trinajstić information content (AvgIpc) is 4.05. The first kappa shape index (κ1) is 44.2. The normalized spacial score (nSPS) is 11.2. The Balaban J connectivity index is 0.000000199. The molecule has 5 N–H and O–H groups in total. The van der Waals surface area contributed by atoms with Gasteiger partial charge in [0.2, 0.25) is 10.3 Å². The van der Waals surface area contributed by atoms with Crippen molar-refractivity contribution in [1.29, 1.82) is 0 Å². The Kier molecular flexibility index (Phi) is 13.2. The first-order valence-corrected chi connectivity index (χ1v) is 20.2. The minimum absolute atomic E-state index is 0.0192. The molecule has 0 saturated carbocycles. The van der Waals surface area contributed by atoms with Gasteiger partial charge >= 0.3 is 12.2 Å². The van der Waals surface area contributed by atoms with Crippen LogP contribution >= 0.6 is 23.1 Å². The van der Waals surface area contributed by atoms with Crippen molar-refractivity contribution in [2.75, 3.05) is 23.5 Å². The Labute approximate surface area is 362 Å². The molecular formula is C41H42N12O7S2. The summed E-state index contributed by atoms with van der Waals surface area (Å²) in [6, 6.07) is 24.6. The summed E-state index contributed by atoms with van der Waals surface area (Å²) in [5.74, 6) is 1.01. The van der Waals surface area contributed by atoms with E-state index >= 15 is 0 Å². The topological polar surface area (TPSA) is 253 Å². The second-order valence-corrected chi connectivity index (χ2v) is 16.7. The molecule has 0 radical (unpaired) electrons. The molecule has 0 aliphatic heterocycles. The van der Waals surface area contributed by atoms with Crippen molar-refractivity contribution in [2.45, 2.75) is 52.7 Å². The standard InChI is InChI=1S/C20H18N6O4S.C20H20N6O2S.CH4O/c1-20(2,3)30-19(27)25-16-8-7-14(9-13(16)11-21-25)22-18-23-17(24-31-18)12-5-4-6-15(10-12)26(28)29;1-20(2,3)28-19(27)26-16-8-7-15(10-13(16)11-22-26)23-18-24-17(25-29-18)12-5-4-6-14(21)9-12;1-2/h4-11H,1-3H3,(H,22,23,24);4-11H,21H2,1-3H3,(H,23,24,25);2H,1H3. The van der Waals surface area contributed by atoms with Crippen molar-refractivity contribution in [3.05, 3.63) is 107 Å². The van der Waals surface area contributed by atoms with Gasteiger partial charge in [0, 0.05) is 81.3 Å². The summed E-state index contributed by atoms with van der Waals surface area (Å²) < 4.78 is 21.9. The second-order valence-electron chi connectivity index (χ2n) is 15.1. The average molecular weight is 879 g/mol. The van der Waals surface area contributed by atoms with Crippen LogP contribution in [0.4, 0.5) is 42.6 Å². The number of carbonyl (C=O) groups is 2. The predicted molar refractivity (Wildman–Crippen MR) is 239 cm³/mol. The smallest absolute Gasteiger partial charge is 0.435 e. The largest absolute Gasteiger partial charge is 0.442 e. The third-order valence-electron chi connectivity index (χ3n) is 8.08. The van der Waals surface area contributed by atoms with Crippen molar-refractivity contribution in [1.82, 2.24) is 38.3 Å². The van der Waals surface area contributed by atoms with Crippen molar-refractivity contribution in [3.63, 3.8) is 0 Å². The number of hydrogen-bond donors (Lipinski definition) is 4. The van der Waals surface area contributed by atoms with Crippen molar-refractivity contribution < 1.29 is 29.1 Å². The fourth-order valence-corrected chi connectivity index (χ4v) is 6.81. The Morgan fingerprint density at radius 1 is 0.694 bits per heavy atom. The molecule has 0 amide bonds. The molecule has 0 aliphatic carbocycles. The number of nitrogen functional groups attached to an aromatic ring is 1. The summed E-state index contributed by atoms with van der Waals surface area (Å²) in [5.41, 5.74) is 9.53. The van der Waals surface area contributed by atoms with Crippen LogP contribution in [0.1, 0.15) is 41.5 Å². The minimum Gasteiger partial charge on any atom is -0.442 e. The van der Waals surface area contributed by atoms with Gasteiger partial charge in [0.1, 0.15) is 11.2 Å². The van der Waals surface area contributed by atoms with Gasteiger partial charge in [-0.15, -0.1) is 0 Å². The molecule has 8 aromatic rings. The van der Waals surface area contributed by atoms with E-state index in [2.05, 4.69) is 39.5 Å². The van der Waals surface area contributed by atoms with Crippen molar-refractivity contribution >= 4 is 90.1 Å². The number of nitro benzene ring substituents is 1. The van der Waals surface area contributed by atoms with E-state index < -0.39 is 28.3 Å². The number of anilines is 5. The first-order valence-electron chi connectivity index (χ1n) is 18.7. The van der Waals surface area contributed by atoms with Gasteiger partial charge in [-0.1, -0.05) is 24.3 Å². The van der Waals surface area contributed by atoms with E-state index in [9.17, 15) is 19.7 Å². The quantitative estimate of drug-likeness (QED) is 0.0661. The molecule has 0 saturated heterocycles. The Morgan fingerprint density at radius 3 is 1.58 bits per heavy atom. The molecule has 4 aromatic carbocycles. The summed E-state index contributed by atoms with van der Waals surface area (Å²) in [6.45, 7) is 10.8. The number of hydrogen-bond acceptors (Lipinski definition) is 18. The molecule has 0 unspecified atom stereocenters. The summed E-state index contributed by atoms with van der Waals surface area (Å²) >= 11 is 2.40. The molecule has 4 aromatic heterocycles. The number of nitrogens with zero attached hydrogens (tertiary/aromatic N) is 9. The number of non-ortho nitro benzene ring substituents is 1. The van der Waals surface area contributed by atoms with E-state index in [4.69, 9.17) is 20.3 Å². The summed E-state index contributed by atoms with van der Waals surface area (Å²) in [5, 5.41) is 35.4. The minimum atomic E-state index is -0.619. The molecule has 0 aliphatic rings. The number of fused-ring (bicyclic) bond motifs is 2. The van der Waals surface area contributed by atoms with Crippen LogP contribution < -0.4 is 16.4 Å². The highest BCUT2D eigenvalue weighted by Gasteiger charge is 2.22.